The van der Waals surface area contributed by atoms with Crippen molar-refractivity contribution in [1.29, 1.82) is 0 Å². The van der Waals surface area contributed by atoms with Gasteiger partial charge in [-0.3, -0.25) is 9.79 Å². The number of esters is 1. The van der Waals surface area contributed by atoms with E-state index < -0.39 is 17.8 Å². The topological polar surface area (TPSA) is 85.2 Å². The third kappa shape index (κ3) is 2.92. The minimum Gasteiger partial charge on any atom is -0.504 e. The molecule has 6 heteroatoms. The van der Waals surface area contributed by atoms with E-state index >= 15 is 0 Å². The van der Waals surface area contributed by atoms with Gasteiger partial charge in [0.15, 0.2) is 17.3 Å². The van der Waals surface area contributed by atoms with Crippen LogP contribution in [0.3, 0.4) is 0 Å². The van der Waals surface area contributed by atoms with Gasteiger partial charge in [0.2, 0.25) is 0 Å². The lowest BCUT2D eigenvalue weighted by Crippen LogP contribution is -2.32. The number of fused-ring (bicyclic) bond motifs is 3. The van der Waals surface area contributed by atoms with Crippen LogP contribution in [0.1, 0.15) is 41.3 Å². The molecule has 0 saturated heterocycles. The molecule has 1 unspecified atom stereocenters. The first kappa shape index (κ1) is 18.9. The third-order valence-electron chi connectivity index (χ3n) is 5.42. The highest BCUT2D eigenvalue weighted by Crippen LogP contribution is 2.47. The summed E-state index contributed by atoms with van der Waals surface area (Å²) in [6.07, 6.45) is 0. The van der Waals surface area contributed by atoms with E-state index in [0.717, 1.165) is 5.56 Å². The lowest BCUT2D eigenvalue weighted by atomic mass is 9.75. The molecule has 2 aliphatic rings. The van der Waals surface area contributed by atoms with Crippen molar-refractivity contribution in [2.75, 3.05) is 13.7 Å². The van der Waals surface area contributed by atoms with Gasteiger partial charge in [0, 0.05) is 22.7 Å². The van der Waals surface area contributed by atoms with E-state index in [0.29, 0.717) is 40.5 Å². The Morgan fingerprint density at radius 3 is 2.55 bits per heavy atom. The number of aliphatic imine (C=N–C) groups is 1. The number of ether oxygens (including phenoxy) is 2. The third-order valence-corrected chi connectivity index (χ3v) is 5.42. The van der Waals surface area contributed by atoms with Crippen molar-refractivity contribution in [3.8, 4) is 11.5 Å². The van der Waals surface area contributed by atoms with Gasteiger partial charge in [-0.1, -0.05) is 30.3 Å². The summed E-state index contributed by atoms with van der Waals surface area (Å²) >= 11 is 0. The molecule has 2 aromatic carbocycles. The Balaban J connectivity index is 1.94. The maximum absolute atomic E-state index is 13.3. The minimum absolute atomic E-state index is 0.00153. The Hall–Kier alpha value is -3.41. The number of hydrogen-bond acceptors (Lipinski definition) is 6. The summed E-state index contributed by atoms with van der Waals surface area (Å²) in [5, 5.41) is 10.1. The summed E-state index contributed by atoms with van der Waals surface area (Å²) < 4.78 is 10.5. The van der Waals surface area contributed by atoms with E-state index in [1.807, 2.05) is 25.1 Å². The molecule has 0 saturated carbocycles. The average molecular weight is 391 g/mol. The molecule has 6 nitrogen and oxygen atoms in total. The van der Waals surface area contributed by atoms with Crippen LogP contribution in [0.4, 0.5) is 0 Å². The second kappa shape index (κ2) is 7.20. The second-order valence-electron chi connectivity index (χ2n) is 7.01. The highest BCUT2D eigenvalue weighted by molar-refractivity contribution is 6.30. The molecule has 29 heavy (non-hydrogen) atoms. The van der Waals surface area contributed by atoms with E-state index in [1.165, 1.54) is 13.2 Å². The van der Waals surface area contributed by atoms with E-state index in [4.69, 9.17) is 9.47 Å². The molecule has 1 N–H and O–H groups in total. The van der Waals surface area contributed by atoms with Crippen molar-refractivity contribution >= 4 is 17.5 Å². The van der Waals surface area contributed by atoms with Crippen molar-refractivity contribution in [1.82, 2.24) is 0 Å². The number of phenols is 1. The zero-order chi connectivity index (χ0) is 20.7. The highest BCUT2D eigenvalue weighted by Gasteiger charge is 2.48. The average Bonchev–Trinajstić information content (AvgIpc) is 3.00. The number of phenolic OH excluding ortho intramolecular Hbond substituents is 1. The number of carbonyl (C=O) groups is 2. The Labute approximate surface area is 168 Å². The Bertz CT molecular complexity index is 1080. The molecule has 4 rings (SSSR count). The summed E-state index contributed by atoms with van der Waals surface area (Å²) in [5.41, 5.74) is 3.60. The summed E-state index contributed by atoms with van der Waals surface area (Å²) in [4.78, 5) is 30.6. The summed E-state index contributed by atoms with van der Waals surface area (Å²) in [5.74, 6) is -1.52. The number of nitrogens with zero attached hydrogens (tertiary/aromatic N) is 1. The number of carbonyl (C=O) groups excluding carboxylic acids is 2. The maximum atomic E-state index is 13.3. The molecular formula is C23H21NO5. The van der Waals surface area contributed by atoms with Crippen LogP contribution in [0.15, 0.2) is 58.7 Å². The first-order valence-electron chi connectivity index (χ1n) is 9.44. The molecular weight excluding hydrogens is 370 g/mol. The fourth-order valence-electron chi connectivity index (χ4n) is 4.19. The first-order valence-corrected chi connectivity index (χ1v) is 9.44. The predicted octanol–water partition coefficient (Wildman–Crippen LogP) is 3.64. The SMILES string of the molecule is CCOc1cc([C@H]2C(C(=O)OC)=C(C)N=C3c4ccccc4C(=O)C32)ccc1O. The van der Waals surface area contributed by atoms with Crippen molar-refractivity contribution in [2.45, 2.75) is 19.8 Å². The molecule has 0 spiro atoms. The minimum atomic E-state index is -0.635. The normalized spacial score (nSPS) is 20.1. The van der Waals surface area contributed by atoms with Gasteiger partial charge in [-0.25, -0.2) is 4.79 Å². The summed E-state index contributed by atoms with van der Waals surface area (Å²) in [6.45, 7) is 3.94. The molecule has 1 heterocycles. The molecule has 1 aliphatic carbocycles. The van der Waals surface area contributed by atoms with Crippen LogP contribution in [-0.2, 0) is 9.53 Å². The smallest absolute Gasteiger partial charge is 0.336 e. The molecule has 2 aromatic rings. The quantitative estimate of drug-likeness (QED) is 0.805. The van der Waals surface area contributed by atoms with E-state index in [9.17, 15) is 14.7 Å². The molecule has 2 atom stereocenters. The molecule has 0 fully saturated rings. The highest BCUT2D eigenvalue weighted by atomic mass is 16.5. The van der Waals surface area contributed by atoms with Crippen LogP contribution in [-0.4, -0.2) is 36.3 Å². The van der Waals surface area contributed by atoms with E-state index in [-0.39, 0.29) is 11.5 Å². The van der Waals surface area contributed by atoms with Crippen molar-refractivity contribution in [2.24, 2.45) is 10.9 Å². The molecule has 0 bridgehead atoms. The Morgan fingerprint density at radius 2 is 1.86 bits per heavy atom. The van der Waals surface area contributed by atoms with Gasteiger partial charge in [0.1, 0.15) is 0 Å². The maximum Gasteiger partial charge on any atom is 0.336 e. The van der Waals surface area contributed by atoms with Crippen molar-refractivity contribution < 1.29 is 24.2 Å². The number of rotatable bonds is 4. The molecule has 1 aliphatic heterocycles. The second-order valence-corrected chi connectivity index (χ2v) is 7.01. The van der Waals surface area contributed by atoms with Crippen LogP contribution in [0.2, 0.25) is 0 Å². The van der Waals surface area contributed by atoms with E-state index in [1.54, 1.807) is 25.1 Å². The van der Waals surface area contributed by atoms with Gasteiger partial charge >= 0.3 is 5.97 Å². The molecule has 0 aromatic heterocycles. The van der Waals surface area contributed by atoms with Crippen LogP contribution < -0.4 is 4.74 Å². The van der Waals surface area contributed by atoms with Crippen molar-refractivity contribution in [3.63, 3.8) is 0 Å². The van der Waals surface area contributed by atoms with Crippen LogP contribution >= 0.6 is 0 Å². The van der Waals surface area contributed by atoms with Gasteiger partial charge in [-0.05, 0) is 31.5 Å². The monoisotopic (exact) mass is 391 g/mol. The molecule has 0 amide bonds. The molecule has 148 valence electrons. The lowest BCUT2D eigenvalue weighted by molar-refractivity contribution is -0.136. The van der Waals surface area contributed by atoms with Crippen LogP contribution in [0.5, 0.6) is 11.5 Å². The number of hydrogen-bond donors (Lipinski definition) is 1. The first-order chi connectivity index (χ1) is 14.0. The largest absolute Gasteiger partial charge is 0.504 e. The van der Waals surface area contributed by atoms with E-state index in [2.05, 4.69) is 4.99 Å². The number of aromatic hydroxyl groups is 1. The molecule has 0 radical (unpaired) electrons. The summed E-state index contributed by atoms with van der Waals surface area (Å²) in [6, 6.07) is 12.3. The lowest BCUT2D eigenvalue weighted by Gasteiger charge is -2.30. The van der Waals surface area contributed by atoms with Gasteiger partial charge in [0.05, 0.1) is 30.9 Å². The van der Waals surface area contributed by atoms with Gasteiger partial charge < -0.3 is 14.6 Å². The van der Waals surface area contributed by atoms with Gasteiger partial charge in [-0.15, -0.1) is 0 Å². The summed E-state index contributed by atoms with van der Waals surface area (Å²) in [7, 11) is 1.31. The predicted molar refractivity (Wildman–Crippen MR) is 108 cm³/mol. The zero-order valence-corrected chi connectivity index (χ0v) is 16.4. The fourth-order valence-corrected chi connectivity index (χ4v) is 4.19. The van der Waals surface area contributed by atoms with Crippen LogP contribution in [0, 0.1) is 5.92 Å². The van der Waals surface area contributed by atoms with Gasteiger partial charge in [0.25, 0.3) is 0 Å². The number of methoxy groups -OCH3 is 1. The zero-order valence-electron chi connectivity index (χ0n) is 16.4. The number of ketones is 1. The Kier molecular flexibility index (Phi) is 4.70. The van der Waals surface area contributed by atoms with Gasteiger partial charge in [-0.2, -0.15) is 0 Å². The Morgan fingerprint density at radius 1 is 1.14 bits per heavy atom. The number of allylic oxidation sites excluding steroid dienone is 1. The number of Topliss-reactive ketones (excluding diaryl/α,β-unsaturated/α-hetero) is 1. The van der Waals surface area contributed by atoms with Crippen molar-refractivity contribution in [3.05, 3.63) is 70.4 Å². The number of benzene rings is 2. The van der Waals surface area contributed by atoms with Crippen LogP contribution in [0.25, 0.3) is 0 Å². The standard InChI is InChI=1S/C23H21NO5/c1-4-29-17-11-13(9-10-16(17)25)19-18(23(27)28-3)12(2)24-21-14-7-5-6-8-15(14)22(26)20(19)21/h5-11,19-20,25H,4H2,1-3H3/t19-,20?/m0/s1. The fraction of sp³-hybridized carbons (Fsp3) is 0.261.